The van der Waals surface area contributed by atoms with Crippen molar-refractivity contribution in [2.75, 3.05) is 0 Å². The van der Waals surface area contributed by atoms with Crippen LogP contribution in [-0.2, 0) is 4.74 Å². The van der Waals surface area contributed by atoms with E-state index in [-0.39, 0.29) is 11.9 Å². The van der Waals surface area contributed by atoms with E-state index in [0.29, 0.717) is 0 Å². The average Bonchev–Trinajstić information content (AvgIpc) is 2.07. The van der Waals surface area contributed by atoms with Crippen molar-refractivity contribution >= 4 is 6.16 Å². The normalized spacial score (nSPS) is 10.0. The van der Waals surface area contributed by atoms with Crippen molar-refractivity contribution < 1.29 is 18.7 Å². The molecule has 0 fully saturated rings. The summed E-state index contributed by atoms with van der Waals surface area (Å²) in [5, 5.41) is 0. The highest BCUT2D eigenvalue weighted by Gasteiger charge is 2.10. The number of carbonyl (C=O) groups is 1. The first kappa shape index (κ1) is 10.5. The number of hydrogen-bond acceptors (Lipinski definition) is 3. The van der Waals surface area contributed by atoms with Gasteiger partial charge >= 0.3 is 6.16 Å². The molecule has 0 amide bonds. The lowest BCUT2D eigenvalue weighted by molar-refractivity contribution is 0.0716. The minimum Gasteiger partial charge on any atom is -0.431 e. The van der Waals surface area contributed by atoms with E-state index in [1.165, 1.54) is 18.2 Å². The van der Waals surface area contributed by atoms with E-state index in [9.17, 15) is 9.18 Å². The zero-order valence-corrected chi connectivity index (χ0v) is 7.99. The summed E-state index contributed by atoms with van der Waals surface area (Å²) in [5.41, 5.74) is 0. The molecular weight excluding hydrogens is 187 g/mol. The zero-order valence-electron chi connectivity index (χ0n) is 7.99. The van der Waals surface area contributed by atoms with Gasteiger partial charge in [-0.3, -0.25) is 0 Å². The summed E-state index contributed by atoms with van der Waals surface area (Å²) >= 11 is 0. The van der Waals surface area contributed by atoms with Crippen LogP contribution in [0, 0.1) is 5.82 Å². The monoisotopic (exact) mass is 198 g/mol. The van der Waals surface area contributed by atoms with Crippen LogP contribution in [0.5, 0.6) is 5.75 Å². The molecule has 14 heavy (non-hydrogen) atoms. The predicted molar refractivity (Wildman–Crippen MR) is 48.6 cm³/mol. The number of para-hydroxylation sites is 1. The molecule has 0 unspecified atom stereocenters. The van der Waals surface area contributed by atoms with E-state index >= 15 is 0 Å². The third-order valence-corrected chi connectivity index (χ3v) is 1.36. The number of ether oxygens (including phenoxy) is 2. The molecule has 0 spiro atoms. The molecule has 4 heteroatoms. The summed E-state index contributed by atoms with van der Waals surface area (Å²) < 4.78 is 22.3. The van der Waals surface area contributed by atoms with Gasteiger partial charge in [0.2, 0.25) is 0 Å². The Morgan fingerprint density at radius 1 is 1.36 bits per heavy atom. The maximum atomic E-state index is 13.0. The second-order valence-corrected chi connectivity index (χ2v) is 2.95. The highest BCUT2D eigenvalue weighted by Crippen LogP contribution is 2.16. The van der Waals surface area contributed by atoms with E-state index in [4.69, 9.17) is 0 Å². The van der Waals surface area contributed by atoms with E-state index in [2.05, 4.69) is 9.47 Å². The molecule has 0 aliphatic carbocycles. The molecule has 1 aromatic rings. The van der Waals surface area contributed by atoms with Crippen LogP contribution < -0.4 is 4.74 Å². The maximum absolute atomic E-state index is 13.0. The first-order valence-electron chi connectivity index (χ1n) is 4.22. The quantitative estimate of drug-likeness (QED) is 0.541. The summed E-state index contributed by atoms with van der Waals surface area (Å²) in [7, 11) is 0. The number of rotatable bonds is 2. The van der Waals surface area contributed by atoms with Crippen LogP contribution in [0.2, 0.25) is 0 Å². The number of carbonyl (C=O) groups excluding carboxylic acids is 1. The number of halogens is 1. The minimum atomic E-state index is -0.898. The highest BCUT2D eigenvalue weighted by molar-refractivity contribution is 5.63. The second kappa shape index (κ2) is 4.60. The molecule has 0 bridgehead atoms. The van der Waals surface area contributed by atoms with E-state index in [1.807, 2.05) is 0 Å². The molecule has 0 radical (unpaired) electrons. The Kier molecular flexibility index (Phi) is 3.45. The third-order valence-electron chi connectivity index (χ3n) is 1.36. The summed E-state index contributed by atoms with van der Waals surface area (Å²) in [4.78, 5) is 11.0. The molecule has 76 valence electrons. The smallest absolute Gasteiger partial charge is 0.431 e. The van der Waals surface area contributed by atoms with Crippen LogP contribution >= 0.6 is 0 Å². The van der Waals surface area contributed by atoms with Crippen LogP contribution in [0.3, 0.4) is 0 Å². The Morgan fingerprint density at radius 2 is 2.00 bits per heavy atom. The van der Waals surface area contributed by atoms with Gasteiger partial charge in [-0.05, 0) is 26.0 Å². The molecule has 1 rings (SSSR count). The van der Waals surface area contributed by atoms with Gasteiger partial charge in [0.1, 0.15) is 0 Å². The molecule has 0 saturated heterocycles. The van der Waals surface area contributed by atoms with Crippen molar-refractivity contribution in [3.63, 3.8) is 0 Å². The highest BCUT2D eigenvalue weighted by atomic mass is 19.1. The van der Waals surface area contributed by atoms with Crippen molar-refractivity contribution in [3.05, 3.63) is 30.1 Å². The van der Waals surface area contributed by atoms with Crippen LogP contribution in [0.4, 0.5) is 9.18 Å². The first-order valence-corrected chi connectivity index (χ1v) is 4.22. The summed E-state index contributed by atoms with van der Waals surface area (Å²) in [5.74, 6) is -0.716. The molecule has 0 atom stereocenters. The van der Waals surface area contributed by atoms with Gasteiger partial charge in [0, 0.05) is 0 Å². The SMILES string of the molecule is CC(C)OC(=O)Oc1ccccc1F. The van der Waals surface area contributed by atoms with Crippen molar-refractivity contribution in [3.8, 4) is 5.75 Å². The Morgan fingerprint density at radius 3 is 2.57 bits per heavy atom. The van der Waals surface area contributed by atoms with E-state index in [0.717, 1.165) is 0 Å². The fraction of sp³-hybridized carbons (Fsp3) is 0.300. The Hall–Kier alpha value is -1.58. The largest absolute Gasteiger partial charge is 0.514 e. The van der Waals surface area contributed by atoms with Gasteiger partial charge < -0.3 is 9.47 Å². The fourth-order valence-corrected chi connectivity index (χ4v) is 0.834. The van der Waals surface area contributed by atoms with Crippen LogP contribution in [0.25, 0.3) is 0 Å². The van der Waals surface area contributed by atoms with Gasteiger partial charge in [-0.15, -0.1) is 0 Å². The lowest BCUT2D eigenvalue weighted by Gasteiger charge is -2.08. The van der Waals surface area contributed by atoms with Gasteiger partial charge in [0.25, 0.3) is 0 Å². The maximum Gasteiger partial charge on any atom is 0.514 e. The lowest BCUT2D eigenvalue weighted by atomic mass is 10.3. The van der Waals surface area contributed by atoms with Crippen LogP contribution in [0.1, 0.15) is 13.8 Å². The topological polar surface area (TPSA) is 35.5 Å². The molecule has 0 aliphatic rings. The van der Waals surface area contributed by atoms with Crippen molar-refractivity contribution in [2.45, 2.75) is 20.0 Å². The van der Waals surface area contributed by atoms with Gasteiger partial charge in [0.15, 0.2) is 11.6 Å². The molecule has 0 heterocycles. The van der Waals surface area contributed by atoms with Gasteiger partial charge in [-0.2, -0.15) is 0 Å². The molecule has 0 aromatic heterocycles. The molecule has 3 nitrogen and oxygen atoms in total. The van der Waals surface area contributed by atoms with E-state index < -0.39 is 12.0 Å². The van der Waals surface area contributed by atoms with Gasteiger partial charge in [-0.1, -0.05) is 12.1 Å². The Bertz CT molecular complexity index is 323. The van der Waals surface area contributed by atoms with Crippen LogP contribution in [-0.4, -0.2) is 12.3 Å². The van der Waals surface area contributed by atoms with Gasteiger partial charge in [-0.25, -0.2) is 9.18 Å². The predicted octanol–water partition coefficient (Wildman–Crippen LogP) is 2.75. The molecular formula is C10H11FO3. The number of benzene rings is 1. The summed E-state index contributed by atoms with van der Waals surface area (Å²) in [6.07, 6.45) is -1.18. The van der Waals surface area contributed by atoms with Crippen LogP contribution in [0.15, 0.2) is 24.3 Å². The van der Waals surface area contributed by atoms with E-state index in [1.54, 1.807) is 19.9 Å². The molecule has 1 aromatic carbocycles. The first-order chi connectivity index (χ1) is 6.59. The average molecular weight is 198 g/mol. The molecule has 0 aliphatic heterocycles. The summed E-state index contributed by atoms with van der Waals surface area (Å²) in [6.45, 7) is 3.37. The van der Waals surface area contributed by atoms with Crippen molar-refractivity contribution in [1.29, 1.82) is 0 Å². The third kappa shape index (κ3) is 3.05. The summed E-state index contributed by atoms with van der Waals surface area (Å²) in [6, 6.07) is 5.64. The Labute approximate surface area is 81.4 Å². The van der Waals surface area contributed by atoms with Crippen molar-refractivity contribution in [2.24, 2.45) is 0 Å². The standard InChI is InChI=1S/C10H11FO3/c1-7(2)13-10(12)14-9-6-4-3-5-8(9)11/h3-7H,1-2H3. The van der Waals surface area contributed by atoms with Crippen molar-refractivity contribution in [1.82, 2.24) is 0 Å². The number of hydrogen-bond donors (Lipinski definition) is 0. The molecule has 0 saturated carbocycles. The minimum absolute atomic E-state index is 0.127. The fourth-order valence-electron chi connectivity index (χ4n) is 0.834. The zero-order chi connectivity index (χ0) is 10.6. The van der Waals surface area contributed by atoms with Gasteiger partial charge in [0.05, 0.1) is 6.10 Å². The lowest BCUT2D eigenvalue weighted by Crippen LogP contribution is -2.16. The second-order valence-electron chi connectivity index (χ2n) is 2.95. The Balaban J connectivity index is 2.61. The molecule has 0 N–H and O–H groups in total.